The predicted octanol–water partition coefficient (Wildman–Crippen LogP) is 1.24. The molecule has 0 aliphatic carbocycles. The summed E-state index contributed by atoms with van der Waals surface area (Å²) in [5, 5.41) is 1.38. The quantitative estimate of drug-likeness (QED) is 0.746. The van der Waals surface area contributed by atoms with Gasteiger partial charge < -0.3 is 9.88 Å². The van der Waals surface area contributed by atoms with Gasteiger partial charge in [0.05, 0.1) is 20.1 Å². The molecular formula is C13H19N2+. The van der Waals surface area contributed by atoms with Crippen LogP contribution >= 0.6 is 0 Å². The molecule has 2 heteroatoms. The number of nitrogens with one attached hydrogen (secondary N) is 2. The van der Waals surface area contributed by atoms with Gasteiger partial charge in [-0.25, -0.2) is 0 Å². The van der Waals surface area contributed by atoms with E-state index in [1.54, 1.807) is 4.90 Å². The molecule has 1 atom stereocenters. The lowest BCUT2D eigenvalue weighted by atomic mass is 10.1. The first kappa shape index (κ1) is 10.2. The van der Waals surface area contributed by atoms with Crippen LogP contribution in [-0.4, -0.2) is 25.1 Å². The van der Waals surface area contributed by atoms with Crippen LogP contribution in [0.15, 0.2) is 30.5 Å². The number of aromatic nitrogens is 1. The molecule has 0 fully saturated rings. The fourth-order valence-corrected chi connectivity index (χ4v) is 1.86. The summed E-state index contributed by atoms with van der Waals surface area (Å²) in [4.78, 5) is 4.90. The van der Waals surface area contributed by atoms with E-state index in [1.165, 1.54) is 29.6 Å². The Morgan fingerprint density at radius 2 is 2.07 bits per heavy atom. The van der Waals surface area contributed by atoms with Crippen LogP contribution < -0.4 is 4.90 Å². The molecule has 0 radical (unpaired) electrons. The second-order valence-electron chi connectivity index (χ2n) is 4.17. The van der Waals surface area contributed by atoms with E-state index in [2.05, 4.69) is 49.4 Å². The van der Waals surface area contributed by atoms with Crippen molar-refractivity contribution < 1.29 is 4.90 Å². The van der Waals surface area contributed by atoms with Crippen LogP contribution in [0.1, 0.15) is 12.5 Å². The molecule has 1 aromatic heterocycles. The topological polar surface area (TPSA) is 20.2 Å². The van der Waals surface area contributed by atoms with E-state index in [1.807, 2.05) is 0 Å². The third-order valence-corrected chi connectivity index (χ3v) is 3.10. The zero-order valence-corrected chi connectivity index (χ0v) is 9.51. The summed E-state index contributed by atoms with van der Waals surface area (Å²) in [7, 11) is 2.24. The Kier molecular flexibility index (Phi) is 3.07. The van der Waals surface area contributed by atoms with Gasteiger partial charge in [0.25, 0.3) is 0 Å². The van der Waals surface area contributed by atoms with Crippen molar-refractivity contribution in [3.63, 3.8) is 0 Å². The molecule has 0 saturated heterocycles. The summed E-state index contributed by atoms with van der Waals surface area (Å²) in [5.41, 5.74) is 2.69. The molecule has 1 aromatic carbocycles. The van der Waals surface area contributed by atoms with Gasteiger partial charge in [-0.2, -0.15) is 0 Å². The molecular weight excluding hydrogens is 184 g/mol. The van der Waals surface area contributed by atoms with Crippen molar-refractivity contribution in [1.82, 2.24) is 4.98 Å². The first-order valence-corrected chi connectivity index (χ1v) is 5.67. The van der Waals surface area contributed by atoms with Crippen molar-refractivity contribution in [1.29, 1.82) is 0 Å². The van der Waals surface area contributed by atoms with Gasteiger partial charge >= 0.3 is 0 Å². The van der Waals surface area contributed by atoms with E-state index < -0.39 is 0 Å². The standard InChI is InChI=1S/C13H18N2/c1-3-15(2)9-8-11-10-14-13-7-5-4-6-12(11)13/h4-7,10,14H,3,8-9H2,1-2H3/p+1. The summed E-state index contributed by atoms with van der Waals surface area (Å²) in [5.74, 6) is 0. The van der Waals surface area contributed by atoms with E-state index in [0.717, 1.165) is 6.42 Å². The molecule has 2 N–H and O–H groups in total. The number of likely N-dealkylation sites (N-methyl/N-ethyl adjacent to an activating group) is 1. The number of benzene rings is 1. The minimum Gasteiger partial charge on any atom is -0.361 e. The number of para-hydroxylation sites is 1. The Morgan fingerprint density at radius 1 is 1.27 bits per heavy atom. The van der Waals surface area contributed by atoms with Crippen LogP contribution in [0.25, 0.3) is 10.9 Å². The first-order valence-electron chi connectivity index (χ1n) is 5.67. The third kappa shape index (κ3) is 2.21. The maximum atomic E-state index is 3.32. The van der Waals surface area contributed by atoms with Crippen LogP contribution in [0.4, 0.5) is 0 Å². The largest absolute Gasteiger partial charge is 0.361 e. The van der Waals surface area contributed by atoms with Crippen molar-refractivity contribution >= 4 is 10.9 Å². The molecule has 15 heavy (non-hydrogen) atoms. The maximum Gasteiger partial charge on any atom is 0.0810 e. The SMILES string of the molecule is CC[NH+](C)CCc1c[nH]c2ccccc12. The van der Waals surface area contributed by atoms with Gasteiger partial charge in [0.2, 0.25) is 0 Å². The van der Waals surface area contributed by atoms with Gasteiger partial charge in [0.15, 0.2) is 0 Å². The summed E-state index contributed by atoms with van der Waals surface area (Å²) in [6.45, 7) is 4.63. The molecule has 2 rings (SSSR count). The van der Waals surface area contributed by atoms with E-state index in [0.29, 0.717) is 0 Å². The van der Waals surface area contributed by atoms with Crippen molar-refractivity contribution in [3.8, 4) is 0 Å². The fourth-order valence-electron chi connectivity index (χ4n) is 1.86. The average Bonchev–Trinajstić information content (AvgIpc) is 2.69. The lowest BCUT2D eigenvalue weighted by Gasteiger charge is -2.10. The molecule has 2 aromatic rings. The lowest BCUT2D eigenvalue weighted by Crippen LogP contribution is -3.08. The Labute approximate surface area is 90.9 Å². The van der Waals surface area contributed by atoms with Crippen molar-refractivity contribution in [3.05, 3.63) is 36.0 Å². The summed E-state index contributed by atoms with van der Waals surface area (Å²) >= 11 is 0. The van der Waals surface area contributed by atoms with Gasteiger partial charge in [-0.3, -0.25) is 0 Å². The molecule has 1 unspecified atom stereocenters. The van der Waals surface area contributed by atoms with Gasteiger partial charge in [-0.1, -0.05) is 18.2 Å². The number of fused-ring (bicyclic) bond motifs is 1. The van der Waals surface area contributed by atoms with E-state index in [-0.39, 0.29) is 0 Å². The third-order valence-electron chi connectivity index (χ3n) is 3.10. The molecule has 0 spiro atoms. The average molecular weight is 203 g/mol. The van der Waals surface area contributed by atoms with Crippen LogP contribution in [0.5, 0.6) is 0 Å². The maximum absolute atomic E-state index is 3.32. The zero-order chi connectivity index (χ0) is 10.7. The number of aromatic amines is 1. The van der Waals surface area contributed by atoms with Gasteiger partial charge in [0, 0.05) is 23.5 Å². The predicted molar refractivity (Wildman–Crippen MR) is 64.3 cm³/mol. The van der Waals surface area contributed by atoms with E-state index in [9.17, 15) is 0 Å². The molecule has 0 amide bonds. The minimum atomic E-state index is 1.16. The molecule has 0 aliphatic heterocycles. The Balaban J connectivity index is 2.14. The van der Waals surface area contributed by atoms with Crippen molar-refractivity contribution in [2.24, 2.45) is 0 Å². The van der Waals surface area contributed by atoms with Gasteiger partial charge in [-0.15, -0.1) is 0 Å². The number of H-pyrrole nitrogens is 1. The van der Waals surface area contributed by atoms with E-state index in [4.69, 9.17) is 0 Å². The Morgan fingerprint density at radius 3 is 2.87 bits per heavy atom. The summed E-state index contributed by atoms with van der Waals surface area (Å²) < 4.78 is 0. The number of hydrogen-bond acceptors (Lipinski definition) is 0. The second kappa shape index (κ2) is 4.49. The normalized spacial score (nSPS) is 13.2. The molecule has 1 heterocycles. The Bertz CT molecular complexity index is 431. The van der Waals surface area contributed by atoms with Gasteiger partial charge in [0.1, 0.15) is 0 Å². The van der Waals surface area contributed by atoms with Gasteiger partial charge in [-0.05, 0) is 18.6 Å². The number of hydrogen-bond donors (Lipinski definition) is 2. The highest BCUT2D eigenvalue weighted by atomic mass is 15.1. The summed E-state index contributed by atoms with van der Waals surface area (Å²) in [6, 6.07) is 8.51. The monoisotopic (exact) mass is 203 g/mol. The van der Waals surface area contributed by atoms with Crippen LogP contribution in [0, 0.1) is 0 Å². The highest BCUT2D eigenvalue weighted by molar-refractivity contribution is 5.82. The Hall–Kier alpha value is -1.28. The number of quaternary nitrogens is 1. The fraction of sp³-hybridized carbons (Fsp3) is 0.385. The highest BCUT2D eigenvalue weighted by Crippen LogP contribution is 2.17. The molecule has 0 aliphatic rings. The molecule has 0 saturated carbocycles. The first-order chi connectivity index (χ1) is 7.31. The molecule has 80 valence electrons. The highest BCUT2D eigenvalue weighted by Gasteiger charge is 2.04. The smallest absolute Gasteiger partial charge is 0.0810 e. The van der Waals surface area contributed by atoms with E-state index >= 15 is 0 Å². The summed E-state index contributed by atoms with van der Waals surface area (Å²) in [6.07, 6.45) is 3.30. The molecule has 0 bridgehead atoms. The minimum absolute atomic E-state index is 1.16. The zero-order valence-electron chi connectivity index (χ0n) is 9.51. The van der Waals surface area contributed by atoms with Crippen molar-refractivity contribution in [2.45, 2.75) is 13.3 Å². The number of rotatable bonds is 4. The van der Waals surface area contributed by atoms with Crippen LogP contribution in [0.3, 0.4) is 0 Å². The molecule has 2 nitrogen and oxygen atoms in total. The second-order valence-corrected chi connectivity index (χ2v) is 4.17. The van der Waals surface area contributed by atoms with Crippen LogP contribution in [-0.2, 0) is 6.42 Å². The van der Waals surface area contributed by atoms with Crippen molar-refractivity contribution in [2.75, 3.05) is 20.1 Å². The lowest BCUT2D eigenvalue weighted by molar-refractivity contribution is -0.877. The van der Waals surface area contributed by atoms with Crippen LogP contribution in [0.2, 0.25) is 0 Å².